The molecule has 3 rings (SSSR count). The number of ether oxygens (including phenoxy) is 1. The predicted octanol–water partition coefficient (Wildman–Crippen LogP) is 4.13. The van der Waals surface area contributed by atoms with Gasteiger partial charge in [-0.25, -0.2) is 12.8 Å². The predicted molar refractivity (Wildman–Crippen MR) is 117 cm³/mol. The van der Waals surface area contributed by atoms with Crippen LogP contribution in [0.2, 0.25) is 0 Å². The van der Waals surface area contributed by atoms with Crippen molar-refractivity contribution in [1.29, 1.82) is 0 Å². The first-order valence-corrected chi connectivity index (χ1v) is 11.1. The fourth-order valence-electron chi connectivity index (χ4n) is 2.76. The number of sulfonamides is 1. The van der Waals surface area contributed by atoms with Crippen molar-refractivity contribution in [2.24, 2.45) is 0 Å². The van der Waals surface area contributed by atoms with Crippen molar-refractivity contribution in [3.8, 4) is 5.75 Å². The highest BCUT2D eigenvalue weighted by Gasteiger charge is 2.19. The maximum Gasteiger partial charge on any atom is 0.262 e. The Kier molecular flexibility index (Phi) is 6.91. The van der Waals surface area contributed by atoms with Crippen LogP contribution in [-0.4, -0.2) is 27.0 Å². The zero-order valence-corrected chi connectivity index (χ0v) is 17.9. The highest BCUT2D eigenvalue weighted by atomic mass is 32.2. The smallest absolute Gasteiger partial charge is 0.262 e. The molecule has 6 nitrogen and oxygen atoms in total. The highest BCUT2D eigenvalue weighted by molar-refractivity contribution is 7.92. The fourth-order valence-corrected chi connectivity index (χ4v) is 3.87. The Labute approximate surface area is 181 Å². The third-order valence-corrected chi connectivity index (χ3v) is 5.79. The molecule has 162 valence electrons. The topological polar surface area (TPSA) is 84.5 Å². The lowest BCUT2D eigenvalue weighted by Gasteiger charge is -2.16. The number of anilines is 1. The minimum atomic E-state index is -4.06. The number of para-hydroxylation sites is 1. The Hall–Kier alpha value is -3.39. The van der Waals surface area contributed by atoms with Gasteiger partial charge in [0, 0.05) is 5.56 Å². The summed E-state index contributed by atoms with van der Waals surface area (Å²) in [5.41, 5.74) is 1.12. The van der Waals surface area contributed by atoms with E-state index in [1.165, 1.54) is 42.5 Å². The van der Waals surface area contributed by atoms with Gasteiger partial charge in [-0.2, -0.15) is 0 Å². The summed E-state index contributed by atoms with van der Waals surface area (Å²) >= 11 is 0. The second kappa shape index (κ2) is 9.61. The number of hydrogen-bond acceptors (Lipinski definition) is 4. The van der Waals surface area contributed by atoms with E-state index in [0.29, 0.717) is 5.75 Å². The van der Waals surface area contributed by atoms with Gasteiger partial charge in [0.25, 0.3) is 15.9 Å². The summed E-state index contributed by atoms with van der Waals surface area (Å²) in [7, 11) is -4.06. The normalized spacial score (nSPS) is 12.1. The van der Waals surface area contributed by atoms with Gasteiger partial charge in [-0.15, -0.1) is 0 Å². The van der Waals surface area contributed by atoms with Crippen LogP contribution >= 0.6 is 0 Å². The van der Waals surface area contributed by atoms with Gasteiger partial charge in [0.2, 0.25) is 0 Å². The van der Waals surface area contributed by atoms with Gasteiger partial charge in [-0.1, -0.05) is 35.9 Å². The number of nitrogens with one attached hydrogen (secondary N) is 2. The monoisotopic (exact) mass is 442 g/mol. The average Bonchev–Trinajstić information content (AvgIpc) is 2.75. The maximum absolute atomic E-state index is 13.8. The Morgan fingerprint density at radius 2 is 1.74 bits per heavy atom. The van der Waals surface area contributed by atoms with E-state index in [0.717, 1.165) is 11.6 Å². The van der Waals surface area contributed by atoms with Crippen LogP contribution in [0.4, 0.5) is 10.1 Å². The summed E-state index contributed by atoms with van der Waals surface area (Å²) in [6.45, 7) is 4.01. The lowest BCUT2D eigenvalue weighted by molar-refractivity contribution is 0.0926. The van der Waals surface area contributed by atoms with Crippen LogP contribution in [0.1, 0.15) is 22.8 Å². The molecule has 0 aliphatic carbocycles. The van der Waals surface area contributed by atoms with Crippen LogP contribution in [0.25, 0.3) is 0 Å². The van der Waals surface area contributed by atoms with Crippen LogP contribution in [-0.2, 0) is 10.0 Å². The van der Waals surface area contributed by atoms with Crippen molar-refractivity contribution in [3.63, 3.8) is 0 Å². The zero-order valence-electron chi connectivity index (χ0n) is 17.1. The molecule has 1 amide bonds. The van der Waals surface area contributed by atoms with Crippen LogP contribution in [0.3, 0.4) is 0 Å². The van der Waals surface area contributed by atoms with E-state index in [-0.39, 0.29) is 28.8 Å². The molecule has 2 N–H and O–H groups in total. The molecule has 0 fully saturated rings. The lowest BCUT2D eigenvalue weighted by atomic mass is 10.2. The fraction of sp³-hybridized carbons (Fsp3) is 0.174. The Morgan fingerprint density at radius 1 is 1.03 bits per heavy atom. The van der Waals surface area contributed by atoms with E-state index in [4.69, 9.17) is 4.74 Å². The van der Waals surface area contributed by atoms with Gasteiger partial charge >= 0.3 is 0 Å². The van der Waals surface area contributed by atoms with E-state index in [1.807, 2.05) is 31.2 Å². The molecule has 0 radical (unpaired) electrons. The second-order valence-electron chi connectivity index (χ2n) is 7.11. The van der Waals surface area contributed by atoms with Crippen LogP contribution in [0.15, 0.2) is 77.7 Å². The summed E-state index contributed by atoms with van der Waals surface area (Å²) in [6.07, 6.45) is 0. The molecular formula is C23H23FN2O4S. The third kappa shape index (κ3) is 6.05. The Bertz CT molecular complexity index is 1160. The number of benzene rings is 3. The molecule has 0 aliphatic rings. The molecule has 0 saturated heterocycles. The van der Waals surface area contributed by atoms with Crippen molar-refractivity contribution in [2.45, 2.75) is 24.8 Å². The standard InChI is InChI=1S/C23H23FN2O4S/c1-16-10-12-19(13-11-16)30-15-17(2)25-23(27)18-6-5-7-20(14-18)31(28,29)26-22-9-4-3-8-21(22)24/h3-14,17,26H,15H2,1-2H3,(H,25,27)/t17-/m0/s1. The van der Waals surface area contributed by atoms with E-state index in [9.17, 15) is 17.6 Å². The van der Waals surface area contributed by atoms with Crippen molar-refractivity contribution in [1.82, 2.24) is 5.32 Å². The summed E-state index contributed by atoms with van der Waals surface area (Å²) in [5.74, 6) is -0.440. The van der Waals surface area contributed by atoms with Crippen molar-refractivity contribution in [2.75, 3.05) is 11.3 Å². The van der Waals surface area contributed by atoms with E-state index in [2.05, 4.69) is 10.0 Å². The molecule has 0 spiro atoms. The Balaban J connectivity index is 1.65. The van der Waals surface area contributed by atoms with Gasteiger partial charge < -0.3 is 10.1 Å². The molecule has 3 aromatic carbocycles. The Morgan fingerprint density at radius 3 is 2.45 bits per heavy atom. The van der Waals surface area contributed by atoms with Gasteiger partial charge in [0.15, 0.2) is 0 Å². The van der Waals surface area contributed by atoms with Gasteiger partial charge in [-0.05, 0) is 56.3 Å². The van der Waals surface area contributed by atoms with Crippen LogP contribution in [0.5, 0.6) is 5.75 Å². The first kappa shape index (κ1) is 22.3. The number of halogens is 1. The summed E-state index contributed by atoms with van der Waals surface area (Å²) in [6, 6.07) is 18.2. The van der Waals surface area contributed by atoms with Crippen LogP contribution < -0.4 is 14.8 Å². The summed E-state index contributed by atoms with van der Waals surface area (Å²) < 4.78 is 46.9. The molecule has 0 heterocycles. The highest BCUT2D eigenvalue weighted by Crippen LogP contribution is 2.19. The molecule has 0 unspecified atom stereocenters. The van der Waals surface area contributed by atoms with E-state index < -0.39 is 21.7 Å². The minimum Gasteiger partial charge on any atom is -0.491 e. The number of carbonyl (C=O) groups excluding carboxylic acids is 1. The lowest BCUT2D eigenvalue weighted by Crippen LogP contribution is -2.36. The zero-order chi connectivity index (χ0) is 22.4. The van der Waals surface area contributed by atoms with Gasteiger partial charge in [-0.3, -0.25) is 9.52 Å². The molecule has 0 bridgehead atoms. The summed E-state index contributed by atoms with van der Waals surface area (Å²) in [4.78, 5) is 12.4. The molecule has 8 heteroatoms. The molecule has 0 aliphatic heterocycles. The van der Waals surface area contributed by atoms with Crippen LogP contribution in [0, 0.1) is 12.7 Å². The molecular weight excluding hydrogens is 419 g/mol. The average molecular weight is 443 g/mol. The van der Waals surface area contributed by atoms with E-state index >= 15 is 0 Å². The maximum atomic E-state index is 13.8. The molecule has 31 heavy (non-hydrogen) atoms. The molecule has 0 aromatic heterocycles. The first-order valence-electron chi connectivity index (χ1n) is 9.62. The number of hydrogen-bond donors (Lipinski definition) is 2. The van der Waals surface area contributed by atoms with Crippen molar-refractivity contribution >= 4 is 21.6 Å². The minimum absolute atomic E-state index is 0.146. The molecule has 0 saturated carbocycles. The molecule has 1 atom stereocenters. The number of aryl methyl sites for hydroxylation is 1. The number of carbonyl (C=O) groups is 1. The van der Waals surface area contributed by atoms with E-state index in [1.54, 1.807) is 6.92 Å². The SMILES string of the molecule is Cc1ccc(OC[C@H](C)NC(=O)c2cccc(S(=O)(=O)Nc3ccccc3F)c2)cc1. The molecule has 3 aromatic rings. The van der Waals surface area contributed by atoms with Crippen molar-refractivity contribution < 1.29 is 22.3 Å². The summed E-state index contributed by atoms with van der Waals surface area (Å²) in [5, 5.41) is 2.78. The first-order chi connectivity index (χ1) is 14.7. The quantitative estimate of drug-likeness (QED) is 0.549. The van der Waals surface area contributed by atoms with Gasteiger partial charge in [0.05, 0.1) is 16.6 Å². The largest absolute Gasteiger partial charge is 0.491 e. The van der Waals surface area contributed by atoms with Crippen molar-refractivity contribution in [3.05, 3.63) is 89.7 Å². The third-order valence-electron chi connectivity index (χ3n) is 4.42. The number of amides is 1. The van der Waals surface area contributed by atoms with Gasteiger partial charge in [0.1, 0.15) is 18.2 Å². The number of rotatable bonds is 8. The second-order valence-corrected chi connectivity index (χ2v) is 8.79.